The number of aromatic nitrogens is 2. The third-order valence-electron chi connectivity index (χ3n) is 5.01. The smallest absolute Gasteiger partial charge is 0.223 e. The van der Waals surface area contributed by atoms with E-state index in [-0.39, 0.29) is 11.8 Å². The SMILES string of the molecule is CCOCCCNC(=O)C1CCN(Cn2cc(-c3ccccc3)cn2)CC1. The molecule has 6 nitrogen and oxygen atoms in total. The van der Waals surface area contributed by atoms with Gasteiger partial charge in [-0.25, -0.2) is 0 Å². The number of ether oxygens (including phenoxy) is 1. The van der Waals surface area contributed by atoms with Crippen molar-refractivity contribution >= 4 is 5.91 Å². The Bertz CT molecular complexity index is 693. The van der Waals surface area contributed by atoms with Gasteiger partial charge in [-0.3, -0.25) is 14.4 Å². The second-order valence-corrected chi connectivity index (χ2v) is 7.01. The van der Waals surface area contributed by atoms with Crippen LogP contribution in [-0.4, -0.2) is 53.4 Å². The minimum Gasteiger partial charge on any atom is -0.382 e. The Kier molecular flexibility index (Phi) is 7.42. The summed E-state index contributed by atoms with van der Waals surface area (Å²) in [5, 5.41) is 7.53. The van der Waals surface area contributed by atoms with Gasteiger partial charge in [0, 0.05) is 50.5 Å². The molecule has 6 heteroatoms. The van der Waals surface area contributed by atoms with Crippen LogP contribution < -0.4 is 5.32 Å². The molecule has 1 aliphatic heterocycles. The largest absolute Gasteiger partial charge is 0.382 e. The van der Waals surface area contributed by atoms with Gasteiger partial charge >= 0.3 is 0 Å². The molecule has 27 heavy (non-hydrogen) atoms. The molecular formula is C21H30N4O2. The Morgan fingerprint density at radius 1 is 1.22 bits per heavy atom. The van der Waals surface area contributed by atoms with Gasteiger partial charge in [0.05, 0.1) is 12.9 Å². The molecule has 0 saturated carbocycles. The van der Waals surface area contributed by atoms with Gasteiger partial charge in [0.2, 0.25) is 5.91 Å². The van der Waals surface area contributed by atoms with Crippen molar-refractivity contribution in [1.29, 1.82) is 0 Å². The van der Waals surface area contributed by atoms with Gasteiger partial charge < -0.3 is 10.1 Å². The highest BCUT2D eigenvalue weighted by Gasteiger charge is 2.24. The van der Waals surface area contributed by atoms with Crippen LogP contribution >= 0.6 is 0 Å². The molecule has 0 radical (unpaired) electrons. The zero-order valence-corrected chi connectivity index (χ0v) is 16.1. The summed E-state index contributed by atoms with van der Waals surface area (Å²) in [6.07, 6.45) is 6.69. The molecule has 0 spiro atoms. The van der Waals surface area contributed by atoms with Gasteiger partial charge in [-0.2, -0.15) is 5.10 Å². The van der Waals surface area contributed by atoms with E-state index in [0.717, 1.165) is 51.2 Å². The second-order valence-electron chi connectivity index (χ2n) is 7.01. The topological polar surface area (TPSA) is 59.4 Å². The minimum absolute atomic E-state index is 0.130. The van der Waals surface area contributed by atoms with Crippen molar-refractivity contribution in [2.45, 2.75) is 32.9 Å². The van der Waals surface area contributed by atoms with Gasteiger partial charge in [-0.15, -0.1) is 0 Å². The summed E-state index contributed by atoms with van der Waals surface area (Å²) in [5.41, 5.74) is 2.32. The molecule has 2 heterocycles. The van der Waals surface area contributed by atoms with Crippen LogP contribution in [-0.2, 0) is 16.2 Å². The second kappa shape index (κ2) is 10.2. The first kappa shape index (κ1) is 19.6. The van der Waals surface area contributed by atoms with E-state index in [1.54, 1.807) is 0 Å². The van der Waals surface area contributed by atoms with Crippen LogP contribution in [0.1, 0.15) is 26.2 Å². The molecule has 0 aliphatic carbocycles. The fraction of sp³-hybridized carbons (Fsp3) is 0.524. The van der Waals surface area contributed by atoms with Crippen molar-refractivity contribution in [2.24, 2.45) is 5.92 Å². The monoisotopic (exact) mass is 370 g/mol. The lowest BCUT2D eigenvalue weighted by molar-refractivity contribution is -0.126. The van der Waals surface area contributed by atoms with E-state index in [2.05, 4.69) is 33.6 Å². The standard InChI is InChI=1S/C21H30N4O2/c1-2-27-14-6-11-22-21(26)19-9-12-24(13-10-19)17-25-16-20(15-23-25)18-7-4-3-5-8-18/h3-5,7-8,15-16,19H,2,6,9-14,17H2,1H3,(H,22,26). The summed E-state index contributed by atoms with van der Waals surface area (Å²) in [6, 6.07) is 10.3. The molecule has 0 unspecified atom stereocenters. The Morgan fingerprint density at radius 3 is 2.74 bits per heavy atom. The van der Waals surface area contributed by atoms with Gasteiger partial charge in [-0.05, 0) is 31.7 Å². The van der Waals surface area contributed by atoms with Crippen molar-refractivity contribution in [1.82, 2.24) is 20.0 Å². The lowest BCUT2D eigenvalue weighted by atomic mass is 9.96. The molecule has 1 aromatic heterocycles. The highest BCUT2D eigenvalue weighted by molar-refractivity contribution is 5.78. The first-order valence-electron chi connectivity index (χ1n) is 9.92. The van der Waals surface area contributed by atoms with Crippen molar-refractivity contribution in [3.63, 3.8) is 0 Å². The number of benzene rings is 1. The van der Waals surface area contributed by atoms with E-state index in [4.69, 9.17) is 4.74 Å². The van der Waals surface area contributed by atoms with Crippen LogP contribution in [0.4, 0.5) is 0 Å². The van der Waals surface area contributed by atoms with Gasteiger partial charge in [0.1, 0.15) is 0 Å². The average molecular weight is 370 g/mol. The van der Waals surface area contributed by atoms with Crippen LogP contribution in [0, 0.1) is 5.92 Å². The quantitative estimate of drug-likeness (QED) is 0.690. The predicted octanol–water partition coefficient (Wildman–Crippen LogP) is 2.76. The maximum Gasteiger partial charge on any atom is 0.223 e. The van der Waals surface area contributed by atoms with Gasteiger partial charge in [-0.1, -0.05) is 30.3 Å². The fourth-order valence-corrected chi connectivity index (χ4v) is 3.44. The number of rotatable bonds is 9. The molecule has 1 N–H and O–H groups in total. The van der Waals surface area contributed by atoms with Crippen molar-refractivity contribution in [3.8, 4) is 11.1 Å². The lowest BCUT2D eigenvalue weighted by Gasteiger charge is -2.31. The summed E-state index contributed by atoms with van der Waals surface area (Å²) in [6.45, 7) is 6.76. The fourth-order valence-electron chi connectivity index (χ4n) is 3.44. The first-order valence-corrected chi connectivity index (χ1v) is 9.92. The average Bonchev–Trinajstić information content (AvgIpc) is 3.17. The number of hydrogen-bond acceptors (Lipinski definition) is 4. The molecule has 146 valence electrons. The van der Waals surface area contributed by atoms with E-state index < -0.39 is 0 Å². The van der Waals surface area contributed by atoms with Gasteiger partial charge in [0.15, 0.2) is 0 Å². The molecular weight excluding hydrogens is 340 g/mol. The number of nitrogens with zero attached hydrogens (tertiary/aromatic N) is 3. The molecule has 0 atom stereocenters. The van der Waals surface area contributed by atoms with Crippen LogP contribution in [0.3, 0.4) is 0 Å². The number of carbonyl (C=O) groups is 1. The third-order valence-corrected chi connectivity index (χ3v) is 5.01. The van der Waals surface area contributed by atoms with E-state index in [0.29, 0.717) is 13.2 Å². The summed E-state index contributed by atoms with van der Waals surface area (Å²) < 4.78 is 7.28. The summed E-state index contributed by atoms with van der Waals surface area (Å²) in [4.78, 5) is 14.6. The predicted molar refractivity (Wildman–Crippen MR) is 106 cm³/mol. The zero-order valence-electron chi connectivity index (χ0n) is 16.1. The maximum atomic E-state index is 12.3. The number of hydrogen-bond donors (Lipinski definition) is 1. The molecule has 1 saturated heterocycles. The number of likely N-dealkylation sites (tertiary alicyclic amines) is 1. The van der Waals surface area contributed by atoms with Crippen molar-refractivity contribution < 1.29 is 9.53 Å². The highest BCUT2D eigenvalue weighted by atomic mass is 16.5. The molecule has 0 bridgehead atoms. The van der Waals surface area contributed by atoms with Crippen LogP contribution in [0.25, 0.3) is 11.1 Å². The summed E-state index contributed by atoms with van der Waals surface area (Å²) >= 11 is 0. The molecule has 2 aromatic rings. The Balaban J connectivity index is 1.39. The molecule has 1 aliphatic rings. The molecule has 3 rings (SSSR count). The number of nitrogens with one attached hydrogen (secondary N) is 1. The van der Waals surface area contributed by atoms with E-state index >= 15 is 0 Å². The Morgan fingerprint density at radius 2 is 2.00 bits per heavy atom. The van der Waals surface area contributed by atoms with Crippen LogP contribution in [0.2, 0.25) is 0 Å². The lowest BCUT2D eigenvalue weighted by Crippen LogP contribution is -2.41. The number of carbonyl (C=O) groups excluding carboxylic acids is 1. The van der Waals surface area contributed by atoms with E-state index in [1.807, 2.05) is 36.0 Å². The number of piperidine rings is 1. The van der Waals surface area contributed by atoms with E-state index in [9.17, 15) is 4.79 Å². The third kappa shape index (κ3) is 5.91. The van der Waals surface area contributed by atoms with E-state index in [1.165, 1.54) is 5.56 Å². The van der Waals surface area contributed by atoms with Crippen LogP contribution in [0.5, 0.6) is 0 Å². The first-order chi connectivity index (χ1) is 13.3. The zero-order chi connectivity index (χ0) is 18.9. The Hall–Kier alpha value is -2.18. The maximum absolute atomic E-state index is 12.3. The molecule has 1 amide bonds. The normalized spacial score (nSPS) is 15.7. The Labute approximate surface area is 161 Å². The van der Waals surface area contributed by atoms with Crippen molar-refractivity contribution in [3.05, 3.63) is 42.7 Å². The van der Waals surface area contributed by atoms with Crippen molar-refractivity contribution in [2.75, 3.05) is 32.8 Å². The summed E-state index contributed by atoms with van der Waals surface area (Å²) in [7, 11) is 0. The summed E-state index contributed by atoms with van der Waals surface area (Å²) in [5.74, 6) is 0.322. The minimum atomic E-state index is 0.130. The van der Waals surface area contributed by atoms with Crippen LogP contribution in [0.15, 0.2) is 42.7 Å². The van der Waals surface area contributed by atoms with Gasteiger partial charge in [0.25, 0.3) is 0 Å². The molecule has 1 aromatic carbocycles. The number of amides is 1. The molecule has 1 fully saturated rings. The highest BCUT2D eigenvalue weighted by Crippen LogP contribution is 2.20.